The third-order valence-corrected chi connectivity index (χ3v) is 3.51. The van der Waals surface area contributed by atoms with Crippen molar-refractivity contribution in [3.63, 3.8) is 0 Å². The predicted molar refractivity (Wildman–Crippen MR) is 90.1 cm³/mol. The van der Waals surface area contributed by atoms with Crippen molar-refractivity contribution < 1.29 is 5.11 Å². The van der Waals surface area contributed by atoms with Gasteiger partial charge in [0.1, 0.15) is 5.75 Å². The Morgan fingerprint density at radius 3 is 2.52 bits per heavy atom. The van der Waals surface area contributed by atoms with Crippen molar-refractivity contribution in [2.45, 2.75) is 32.6 Å². The Labute approximate surface area is 127 Å². The molecule has 0 aliphatic heterocycles. The Kier molecular flexibility index (Phi) is 6.01. The molecule has 0 aliphatic carbocycles. The van der Waals surface area contributed by atoms with Crippen molar-refractivity contribution in [1.29, 1.82) is 0 Å². The third-order valence-electron chi connectivity index (χ3n) is 3.51. The molecule has 2 heteroatoms. The molecule has 0 saturated carbocycles. The minimum Gasteiger partial charge on any atom is -0.507 e. The lowest BCUT2D eigenvalue weighted by Gasteiger charge is -2.05. The first kappa shape index (κ1) is 15.3. The van der Waals surface area contributed by atoms with E-state index < -0.39 is 0 Å². The van der Waals surface area contributed by atoms with E-state index in [4.69, 9.17) is 0 Å². The van der Waals surface area contributed by atoms with Crippen LogP contribution in [-0.2, 0) is 0 Å². The first-order valence-corrected chi connectivity index (χ1v) is 7.69. The number of aliphatic imine (C=N–C) groups is 1. The molecule has 2 nitrogen and oxygen atoms in total. The largest absolute Gasteiger partial charge is 0.507 e. The van der Waals surface area contributed by atoms with Crippen molar-refractivity contribution in [2.75, 3.05) is 6.54 Å². The summed E-state index contributed by atoms with van der Waals surface area (Å²) in [7, 11) is 0. The van der Waals surface area contributed by atoms with Gasteiger partial charge in [-0.2, -0.15) is 0 Å². The average Bonchev–Trinajstić information content (AvgIpc) is 2.53. The summed E-state index contributed by atoms with van der Waals surface area (Å²) in [5, 5.41) is 9.93. The molecule has 0 aromatic heterocycles. The van der Waals surface area contributed by atoms with Crippen LogP contribution >= 0.6 is 0 Å². The third kappa shape index (κ3) is 4.75. The minimum absolute atomic E-state index is 0.284. The molecule has 110 valence electrons. The molecule has 21 heavy (non-hydrogen) atoms. The normalized spacial score (nSPS) is 11.1. The molecule has 2 rings (SSSR count). The maximum absolute atomic E-state index is 9.93. The number of hydrogen-bond donors (Lipinski definition) is 1. The Bertz CT molecular complexity index is 575. The van der Waals surface area contributed by atoms with Crippen molar-refractivity contribution in [3.8, 4) is 16.9 Å². The second-order valence-electron chi connectivity index (χ2n) is 5.24. The van der Waals surface area contributed by atoms with Crippen LogP contribution < -0.4 is 0 Å². The van der Waals surface area contributed by atoms with E-state index in [1.165, 1.54) is 19.3 Å². The number of rotatable bonds is 7. The molecular formula is C19H23NO. The van der Waals surface area contributed by atoms with Gasteiger partial charge in [0.2, 0.25) is 0 Å². The van der Waals surface area contributed by atoms with Crippen LogP contribution in [0, 0.1) is 0 Å². The van der Waals surface area contributed by atoms with E-state index in [0.717, 1.165) is 29.7 Å². The van der Waals surface area contributed by atoms with Gasteiger partial charge in [0.05, 0.1) is 0 Å². The summed E-state index contributed by atoms with van der Waals surface area (Å²) in [4.78, 5) is 4.42. The number of unbranched alkanes of at least 4 members (excludes halogenated alkanes) is 3. The second-order valence-corrected chi connectivity index (χ2v) is 5.24. The van der Waals surface area contributed by atoms with Crippen LogP contribution in [0.15, 0.2) is 53.5 Å². The van der Waals surface area contributed by atoms with Crippen LogP contribution in [0.4, 0.5) is 0 Å². The quantitative estimate of drug-likeness (QED) is 0.558. The summed E-state index contributed by atoms with van der Waals surface area (Å²) in [6.07, 6.45) is 6.63. The van der Waals surface area contributed by atoms with Crippen LogP contribution in [0.5, 0.6) is 5.75 Å². The number of benzene rings is 2. The molecule has 2 aromatic rings. The molecule has 0 spiro atoms. The molecule has 1 N–H and O–H groups in total. The summed E-state index contributed by atoms with van der Waals surface area (Å²) in [5.74, 6) is 0.284. The Morgan fingerprint density at radius 1 is 0.952 bits per heavy atom. The minimum atomic E-state index is 0.284. The first-order valence-electron chi connectivity index (χ1n) is 7.69. The maximum atomic E-state index is 9.93. The van der Waals surface area contributed by atoms with Gasteiger partial charge >= 0.3 is 0 Å². The number of aromatic hydroxyl groups is 1. The number of nitrogens with zero attached hydrogens (tertiary/aromatic N) is 1. The maximum Gasteiger partial charge on any atom is 0.124 e. The lowest BCUT2D eigenvalue weighted by atomic mass is 10.0. The highest BCUT2D eigenvalue weighted by molar-refractivity contribution is 5.86. The fourth-order valence-corrected chi connectivity index (χ4v) is 2.26. The highest BCUT2D eigenvalue weighted by Crippen LogP contribution is 2.24. The van der Waals surface area contributed by atoms with Crippen LogP contribution in [-0.4, -0.2) is 17.9 Å². The van der Waals surface area contributed by atoms with E-state index in [-0.39, 0.29) is 5.75 Å². The second kappa shape index (κ2) is 8.25. The Hall–Kier alpha value is -2.09. The Balaban J connectivity index is 2.04. The smallest absolute Gasteiger partial charge is 0.124 e. The van der Waals surface area contributed by atoms with E-state index in [1.54, 1.807) is 12.3 Å². The molecule has 0 bridgehead atoms. The van der Waals surface area contributed by atoms with Gasteiger partial charge in [-0.05, 0) is 29.7 Å². The van der Waals surface area contributed by atoms with Gasteiger partial charge in [0.15, 0.2) is 0 Å². The average molecular weight is 281 g/mol. The fourth-order valence-electron chi connectivity index (χ4n) is 2.26. The van der Waals surface area contributed by atoms with E-state index in [9.17, 15) is 5.11 Å². The van der Waals surface area contributed by atoms with Gasteiger partial charge in [0, 0.05) is 18.3 Å². The van der Waals surface area contributed by atoms with E-state index in [0.29, 0.717) is 0 Å². The molecule has 0 saturated heterocycles. The monoisotopic (exact) mass is 281 g/mol. The molecule has 0 unspecified atom stereocenters. The van der Waals surface area contributed by atoms with Gasteiger partial charge in [-0.15, -0.1) is 0 Å². The fraction of sp³-hybridized carbons (Fsp3) is 0.316. The SMILES string of the molecule is CCCCCCN=Cc1cc(-c2ccccc2)ccc1O. The molecule has 0 fully saturated rings. The highest BCUT2D eigenvalue weighted by atomic mass is 16.3. The molecule has 2 aromatic carbocycles. The molecule has 0 amide bonds. The first-order chi connectivity index (χ1) is 10.3. The summed E-state index contributed by atoms with van der Waals surface area (Å²) in [6.45, 7) is 3.03. The van der Waals surface area contributed by atoms with E-state index in [1.807, 2.05) is 30.3 Å². The summed E-state index contributed by atoms with van der Waals surface area (Å²) < 4.78 is 0. The van der Waals surface area contributed by atoms with Gasteiger partial charge in [-0.3, -0.25) is 4.99 Å². The zero-order valence-electron chi connectivity index (χ0n) is 12.6. The van der Waals surface area contributed by atoms with Gasteiger partial charge in [-0.25, -0.2) is 0 Å². The predicted octanol–water partition coefficient (Wildman–Crippen LogP) is 5.06. The highest BCUT2D eigenvalue weighted by Gasteiger charge is 2.02. The molecule has 0 radical (unpaired) electrons. The van der Waals surface area contributed by atoms with Crippen LogP contribution in [0.1, 0.15) is 38.2 Å². The Morgan fingerprint density at radius 2 is 1.76 bits per heavy atom. The lowest BCUT2D eigenvalue weighted by Crippen LogP contribution is -1.88. The standard InChI is InChI=1S/C19H23NO/c1-2-3-4-8-13-20-15-18-14-17(11-12-19(18)21)16-9-6-5-7-10-16/h5-7,9-12,14-15,21H,2-4,8,13H2,1H3. The van der Waals surface area contributed by atoms with E-state index in [2.05, 4.69) is 24.0 Å². The topological polar surface area (TPSA) is 32.6 Å². The van der Waals surface area contributed by atoms with Gasteiger partial charge < -0.3 is 5.11 Å². The van der Waals surface area contributed by atoms with Crippen LogP contribution in [0.3, 0.4) is 0 Å². The van der Waals surface area contributed by atoms with Crippen molar-refractivity contribution in [2.24, 2.45) is 4.99 Å². The summed E-state index contributed by atoms with van der Waals surface area (Å²) in [5.41, 5.74) is 3.03. The zero-order valence-corrected chi connectivity index (χ0v) is 12.6. The van der Waals surface area contributed by atoms with Gasteiger partial charge in [-0.1, -0.05) is 62.6 Å². The molecule has 0 heterocycles. The van der Waals surface area contributed by atoms with Crippen LogP contribution in [0.2, 0.25) is 0 Å². The summed E-state index contributed by atoms with van der Waals surface area (Å²) in [6, 6.07) is 15.8. The molecular weight excluding hydrogens is 258 g/mol. The molecule has 0 atom stereocenters. The summed E-state index contributed by atoms with van der Waals surface area (Å²) >= 11 is 0. The number of phenolic OH excluding ortho intramolecular Hbond substituents is 1. The van der Waals surface area contributed by atoms with Crippen molar-refractivity contribution >= 4 is 6.21 Å². The van der Waals surface area contributed by atoms with Gasteiger partial charge in [0.25, 0.3) is 0 Å². The van der Waals surface area contributed by atoms with Crippen molar-refractivity contribution in [3.05, 3.63) is 54.1 Å². The molecule has 0 aliphatic rings. The lowest BCUT2D eigenvalue weighted by molar-refractivity contribution is 0.474. The number of phenols is 1. The van der Waals surface area contributed by atoms with E-state index >= 15 is 0 Å². The van der Waals surface area contributed by atoms with Crippen molar-refractivity contribution in [1.82, 2.24) is 0 Å². The van der Waals surface area contributed by atoms with Crippen LogP contribution in [0.25, 0.3) is 11.1 Å². The number of hydrogen-bond acceptors (Lipinski definition) is 2. The zero-order chi connectivity index (χ0) is 14.9.